The zero-order chi connectivity index (χ0) is 11.0. The van der Waals surface area contributed by atoms with Crippen LogP contribution in [0.15, 0.2) is 16.7 Å². The Labute approximate surface area is 102 Å². The van der Waals surface area contributed by atoms with E-state index in [0.29, 0.717) is 13.0 Å². The van der Waals surface area contributed by atoms with E-state index < -0.39 is 0 Å². The highest BCUT2D eigenvalue weighted by Crippen LogP contribution is 2.25. The van der Waals surface area contributed by atoms with E-state index >= 15 is 0 Å². The van der Waals surface area contributed by atoms with Crippen LogP contribution in [0.1, 0.15) is 12.0 Å². The summed E-state index contributed by atoms with van der Waals surface area (Å²) in [6.07, 6.45) is 2.23. The molecule has 80 valence electrons. The fourth-order valence-electron chi connectivity index (χ4n) is 1.58. The van der Waals surface area contributed by atoms with Gasteiger partial charge in [0.1, 0.15) is 5.82 Å². The predicted octanol–water partition coefficient (Wildman–Crippen LogP) is 2.19. The van der Waals surface area contributed by atoms with E-state index in [4.69, 9.17) is 0 Å². The first-order valence-electron chi connectivity index (χ1n) is 4.68. The van der Waals surface area contributed by atoms with E-state index in [-0.39, 0.29) is 11.2 Å². The molecule has 2 rings (SSSR count). The van der Waals surface area contributed by atoms with Crippen LogP contribution < -0.4 is 4.90 Å². The number of halogens is 1. The largest absolute Gasteiger partial charge is 0.296 e. The highest BCUT2D eigenvalue weighted by molar-refractivity contribution is 9.10. The summed E-state index contributed by atoms with van der Waals surface area (Å²) in [6.45, 7) is 2.63. The number of rotatable bonds is 1. The van der Waals surface area contributed by atoms with E-state index in [1.54, 1.807) is 11.1 Å². The lowest BCUT2D eigenvalue weighted by molar-refractivity contribution is -0.117. The molecule has 1 amide bonds. The summed E-state index contributed by atoms with van der Waals surface area (Å²) in [7, 11) is 0. The van der Waals surface area contributed by atoms with Gasteiger partial charge in [-0.25, -0.2) is 4.98 Å². The van der Waals surface area contributed by atoms with Crippen LogP contribution >= 0.6 is 28.6 Å². The Hall–Kier alpha value is -0.550. The van der Waals surface area contributed by atoms with E-state index in [2.05, 4.69) is 33.5 Å². The first kappa shape index (κ1) is 11.0. The molecule has 0 N–H and O–H groups in total. The third kappa shape index (κ3) is 2.18. The minimum absolute atomic E-state index is 0.101. The number of thiol groups is 1. The second kappa shape index (κ2) is 4.14. The van der Waals surface area contributed by atoms with Crippen LogP contribution in [0.25, 0.3) is 0 Å². The second-order valence-corrected chi connectivity index (χ2v) is 5.24. The third-order valence-electron chi connectivity index (χ3n) is 2.41. The molecule has 1 saturated heterocycles. The minimum Gasteiger partial charge on any atom is -0.296 e. The zero-order valence-electron chi connectivity index (χ0n) is 8.27. The molecule has 2 heterocycles. The first-order valence-corrected chi connectivity index (χ1v) is 5.99. The van der Waals surface area contributed by atoms with Gasteiger partial charge in [0, 0.05) is 28.9 Å². The smallest absolute Gasteiger partial charge is 0.229 e. The highest BCUT2D eigenvalue weighted by Gasteiger charge is 2.29. The van der Waals surface area contributed by atoms with Crippen LogP contribution in [-0.2, 0) is 4.79 Å². The van der Waals surface area contributed by atoms with Crippen molar-refractivity contribution in [2.24, 2.45) is 0 Å². The Morgan fingerprint density at radius 1 is 1.67 bits per heavy atom. The van der Waals surface area contributed by atoms with Gasteiger partial charge in [-0.15, -0.1) is 0 Å². The summed E-state index contributed by atoms with van der Waals surface area (Å²) in [5, 5.41) is 0.128. The zero-order valence-corrected chi connectivity index (χ0v) is 10.8. The monoisotopic (exact) mass is 286 g/mol. The van der Waals surface area contributed by atoms with Gasteiger partial charge in [-0.2, -0.15) is 12.6 Å². The maximum Gasteiger partial charge on any atom is 0.229 e. The summed E-state index contributed by atoms with van der Waals surface area (Å²) in [5.41, 5.74) is 1.08. The van der Waals surface area contributed by atoms with Gasteiger partial charge < -0.3 is 0 Å². The van der Waals surface area contributed by atoms with Gasteiger partial charge in [0.05, 0.1) is 0 Å². The molecule has 0 bridgehead atoms. The first-order chi connectivity index (χ1) is 7.08. The summed E-state index contributed by atoms with van der Waals surface area (Å²) in [4.78, 5) is 17.5. The van der Waals surface area contributed by atoms with E-state index in [0.717, 1.165) is 15.9 Å². The molecular weight excluding hydrogens is 276 g/mol. The highest BCUT2D eigenvalue weighted by atomic mass is 79.9. The van der Waals surface area contributed by atoms with Gasteiger partial charge in [0.25, 0.3) is 0 Å². The molecule has 15 heavy (non-hydrogen) atoms. The number of amides is 1. The van der Waals surface area contributed by atoms with E-state index in [1.807, 2.05) is 13.0 Å². The maximum absolute atomic E-state index is 11.6. The van der Waals surface area contributed by atoms with Crippen molar-refractivity contribution in [3.63, 3.8) is 0 Å². The quantitative estimate of drug-likeness (QED) is 0.803. The van der Waals surface area contributed by atoms with Crippen molar-refractivity contribution in [2.75, 3.05) is 11.4 Å². The van der Waals surface area contributed by atoms with Crippen LogP contribution in [0.5, 0.6) is 0 Å². The molecule has 1 aromatic heterocycles. The van der Waals surface area contributed by atoms with Crippen LogP contribution in [0.3, 0.4) is 0 Å². The molecule has 3 nitrogen and oxygen atoms in total. The lowest BCUT2D eigenvalue weighted by atomic mass is 10.3. The number of pyridine rings is 1. The third-order valence-corrected chi connectivity index (χ3v) is 3.59. The lowest BCUT2D eigenvalue weighted by Gasteiger charge is -2.15. The number of aryl methyl sites for hydroxylation is 1. The minimum atomic E-state index is 0.101. The summed E-state index contributed by atoms with van der Waals surface area (Å²) >= 11 is 7.69. The molecule has 0 spiro atoms. The van der Waals surface area contributed by atoms with Crippen molar-refractivity contribution in [2.45, 2.75) is 18.6 Å². The topological polar surface area (TPSA) is 33.2 Å². The van der Waals surface area contributed by atoms with E-state index in [9.17, 15) is 4.79 Å². The molecule has 1 unspecified atom stereocenters. The van der Waals surface area contributed by atoms with Crippen molar-refractivity contribution < 1.29 is 4.79 Å². The standard InChI is InChI=1S/C10H11BrN2OS/c1-6-2-9(12-4-8(6)11)13-5-7(15)3-10(13)14/h2,4,7,15H,3,5H2,1H3. The SMILES string of the molecule is Cc1cc(N2CC(S)CC2=O)ncc1Br. The average molecular weight is 287 g/mol. The Balaban J connectivity index is 2.30. The summed E-state index contributed by atoms with van der Waals surface area (Å²) in [5.74, 6) is 0.821. The summed E-state index contributed by atoms with van der Waals surface area (Å²) in [6, 6.07) is 1.91. The normalized spacial score (nSPS) is 21.1. The van der Waals surface area contributed by atoms with Gasteiger partial charge in [0.15, 0.2) is 0 Å². The number of anilines is 1. The fraction of sp³-hybridized carbons (Fsp3) is 0.400. The van der Waals surface area contributed by atoms with Gasteiger partial charge in [-0.05, 0) is 34.5 Å². The number of hydrogen-bond acceptors (Lipinski definition) is 3. The lowest BCUT2D eigenvalue weighted by Crippen LogP contribution is -2.25. The number of carbonyl (C=O) groups excluding carboxylic acids is 1. The van der Waals surface area contributed by atoms with Gasteiger partial charge in [-0.3, -0.25) is 9.69 Å². The van der Waals surface area contributed by atoms with Crippen molar-refractivity contribution >= 4 is 40.3 Å². The molecule has 0 saturated carbocycles. The molecule has 1 aromatic rings. The van der Waals surface area contributed by atoms with Crippen LogP contribution in [0, 0.1) is 6.92 Å². The number of aromatic nitrogens is 1. The molecule has 5 heteroatoms. The predicted molar refractivity (Wildman–Crippen MR) is 66.4 cm³/mol. The van der Waals surface area contributed by atoms with Gasteiger partial charge >= 0.3 is 0 Å². The van der Waals surface area contributed by atoms with Crippen LogP contribution in [0.4, 0.5) is 5.82 Å². The second-order valence-electron chi connectivity index (χ2n) is 3.65. The Morgan fingerprint density at radius 2 is 2.40 bits per heavy atom. The van der Waals surface area contributed by atoms with Gasteiger partial charge in [0.2, 0.25) is 5.91 Å². The Bertz CT molecular complexity index is 410. The number of nitrogens with zero attached hydrogens (tertiary/aromatic N) is 2. The Morgan fingerprint density at radius 3 is 2.93 bits per heavy atom. The van der Waals surface area contributed by atoms with Crippen LogP contribution in [0.2, 0.25) is 0 Å². The number of carbonyl (C=O) groups is 1. The van der Waals surface area contributed by atoms with Gasteiger partial charge in [-0.1, -0.05) is 0 Å². The van der Waals surface area contributed by atoms with Crippen LogP contribution in [-0.4, -0.2) is 22.7 Å². The molecule has 0 radical (unpaired) electrons. The Kier molecular flexibility index (Phi) is 3.02. The van der Waals surface area contributed by atoms with Crippen molar-refractivity contribution in [1.29, 1.82) is 0 Å². The molecule has 0 aliphatic carbocycles. The molecular formula is C10H11BrN2OS. The van der Waals surface area contributed by atoms with Crippen molar-refractivity contribution in [3.05, 3.63) is 22.3 Å². The molecule has 1 fully saturated rings. The van der Waals surface area contributed by atoms with Crippen molar-refractivity contribution in [3.8, 4) is 0 Å². The molecule has 1 aliphatic heterocycles. The molecule has 1 atom stereocenters. The average Bonchev–Trinajstić information content (AvgIpc) is 2.50. The maximum atomic E-state index is 11.6. The van der Waals surface area contributed by atoms with E-state index in [1.165, 1.54) is 0 Å². The molecule has 1 aliphatic rings. The fourth-order valence-corrected chi connectivity index (χ4v) is 2.12. The summed E-state index contributed by atoms with van der Waals surface area (Å²) < 4.78 is 0.959. The molecule has 0 aromatic carbocycles. The number of hydrogen-bond donors (Lipinski definition) is 1. The van der Waals surface area contributed by atoms with Crippen molar-refractivity contribution in [1.82, 2.24) is 4.98 Å².